The smallest absolute Gasteiger partial charge is 0.222 e. The molecule has 1 aromatic rings. The van der Waals surface area contributed by atoms with Crippen LogP contribution in [0.3, 0.4) is 0 Å². The standard InChI is InChI=1S/C20H31NO4/c1-3-13-24-16-12-21-20(23)11-15-25-14-5-4-6-18-7-9-19(10-8-18)17(2)22/h7-10H,3-6,11-16H2,1-2H3,(H,21,23). The van der Waals surface area contributed by atoms with Gasteiger partial charge in [0, 0.05) is 31.7 Å². The van der Waals surface area contributed by atoms with Crippen LogP contribution in [-0.2, 0) is 20.7 Å². The zero-order valence-corrected chi connectivity index (χ0v) is 15.5. The molecule has 140 valence electrons. The minimum absolute atomic E-state index is 0.00524. The van der Waals surface area contributed by atoms with Crippen molar-refractivity contribution in [1.82, 2.24) is 5.32 Å². The first-order valence-corrected chi connectivity index (χ1v) is 9.15. The quantitative estimate of drug-likeness (QED) is 0.414. The van der Waals surface area contributed by atoms with Gasteiger partial charge in [0.25, 0.3) is 0 Å². The summed E-state index contributed by atoms with van der Waals surface area (Å²) in [5.74, 6) is 0.100. The number of hydrogen-bond acceptors (Lipinski definition) is 4. The van der Waals surface area contributed by atoms with E-state index in [0.717, 1.165) is 37.9 Å². The van der Waals surface area contributed by atoms with E-state index >= 15 is 0 Å². The lowest BCUT2D eigenvalue weighted by molar-refractivity contribution is -0.122. The SMILES string of the molecule is CCCOCCNC(=O)CCOCCCCc1ccc(C(C)=O)cc1. The first-order chi connectivity index (χ1) is 12.1. The Morgan fingerprint density at radius 2 is 1.68 bits per heavy atom. The summed E-state index contributed by atoms with van der Waals surface area (Å²) < 4.78 is 10.8. The van der Waals surface area contributed by atoms with Gasteiger partial charge in [0.15, 0.2) is 5.78 Å². The zero-order valence-electron chi connectivity index (χ0n) is 15.5. The molecule has 0 atom stereocenters. The van der Waals surface area contributed by atoms with Gasteiger partial charge in [-0.05, 0) is 38.2 Å². The molecule has 25 heavy (non-hydrogen) atoms. The molecule has 0 aliphatic rings. The Kier molecular flexibility index (Phi) is 11.6. The maximum atomic E-state index is 11.6. The van der Waals surface area contributed by atoms with E-state index in [1.54, 1.807) is 6.92 Å². The predicted molar refractivity (Wildman–Crippen MR) is 98.9 cm³/mol. The summed E-state index contributed by atoms with van der Waals surface area (Å²) in [7, 11) is 0. The van der Waals surface area contributed by atoms with Crippen molar-refractivity contribution < 1.29 is 19.1 Å². The first-order valence-electron chi connectivity index (χ1n) is 9.15. The van der Waals surface area contributed by atoms with Gasteiger partial charge in [-0.15, -0.1) is 0 Å². The van der Waals surface area contributed by atoms with Crippen molar-refractivity contribution in [2.24, 2.45) is 0 Å². The summed E-state index contributed by atoms with van der Waals surface area (Å²) >= 11 is 0. The summed E-state index contributed by atoms with van der Waals surface area (Å²) in [5.41, 5.74) is 1.98. The van der Waals surface area contributed by atoms with E-state index < -0.39 is 0 Å². The van der Waals surface area contributed by atoms with Gasteiger partial charge in [-0.25, -0.2) is 0 Å². The van der Waals surface area contributed by atoms with E-state index in [1.165, 1.54) is 5.56 Å². The van der Waals surface area contributed by atoms with Crippen LogP contribution in [0.15, 0.2) is 24.3 Å². The number of amides is 1. The van der Waals surface area contributed by atoms with Crippen molar-refractivity contribution in [1.29, 1.82) is 0 Å². The number of ketones is 1. The van der Waals surface area contributed by atoms with E-state index in [0.29, 0.717) is 32.8 Å². The first kappa shape index (κ1) is 21.3. The van der Waals surface area contributed by atoms with Crippen LogP contribution in [0.1, 0.15) is 55.5 Å². The molecule has 5 nitrogen and oxygen atoms in total. The van der Waals surface area contributed by atoms with Crippen LogP contribution >= 0.6 is 0 Å². The van der Waals surface area contributed by atoms with Crippen LogP contribution < -0.4 is 5.32 Å². The number of rotatable bonds is 14. The molecule has 0 heterocycles. The lowest BCUT2D eigenvalue weighted by atomic mass is 10.0. The lowest BCUT2D eigenvalue weighted by Gasteiger charge is -2.07. The average Bonchev–Trinajstić information content (AvgIpc) is 2.61. The Hall–Kier alpha value is -1.72. The molecule has 1 aromatic carbocycles. The molecule has 1 N–H and O–H groups in total. The lowest BCUT2D eigenvalue weighted by Crippen LogP contribution is -2.28. The molecule has 0 fully saturated rings. The Bertz CT molecular complexity index is 499. The second-order valence-corrected chi connectivity index (χ2v) is 6.03. The fourth-order valence-corrected chi connectivity index (χ4v) is 2.30. The van der Waals surface area contributed by atoms with Crippen LogP contribution in [-0.4, -0.2) is 44.7 Å². The highest BCUT2D eigenvalue weighted by atomic mass is 16.5. The second-order valence-electron chi connectivity index (χ2n) is 6.03. The molecule has 0 aliphatic carbocycles. The van der Waals surface area contributed by atoms with Crippen molar-refractivity contribution in [2.45, 2.75) is 46.0 Å². The maximum absolute atomic E-state index is 11.6. The molecule has 0 bridgehead atoms. The molecule has 0 radical (unpaired) electrons. The zero-order chi connectivity index (χ0) is 18.3. The topological polar surface area (TPSA) is 64.6 Å². The highest BCUT2D eigenvalue weighted by molar-refractivity contribution is 5.93. The monoisotopic (exact) mass is 349 g/mol. The second kappa shape index (κ2) is 13.6. The largest absolute Gasteiger partial charge is 0.381 e. The van der Waals surface area contributed by atoms with E-state index in [2.05, 4.69) is 12.2 Å². The summed E-state index contributed by atoms with van der Waals surface area (Å²) in [5, 5.41) is 2.81. The van der Waals surface area contributed by atoms with E-state index in [4.69, 9.17) is 9.47 Å². The minimum atomic E-state index is 0.00524. The molecule has 5 heteroatoms. The third-order valence-corrected chi connectivity index (χ3v) is 3.76. The normalized spacial score (nSPS) is 10.6. The Morgan fingerprint density at radius 3 is 2.36 bits per heavy atom. The Balaban J connectivity index is 1.96. The number of nitrogens with one attached hydrogen (secondary N) is 1. The Morgan fingerprint density at radius 1 is 0.960 bits per heavy atom. The molecule has 0 aromatic heterocycles. The third kappa shape index (κ3) is 10.7. The van der Waals surface area contributed by atoms with Crippen molar-refractivity contribution in [3.8, 4) is 0 Å². The van der Waals surface area contributed by atoms with Crippen LogP contribution in [0.25, 0.3) is 0 Å². The van der Waals surface area contributed by atoms with Gasteiger partial charge in [0.2, 0.25) is 5.91 Å². The van der Waals surface area contributed by atoms with E-state index in [1.807, 2.05) is 24.3 Å². The summed E-state index contributed by atoms with van der Waals surface area (Å²) in [6.45, 7) is 6.61. The highest BCUT2D eigenvalue weighted by Crippen LogP contribution is 2.08. The molecule has 0 saturated carbocycles. The van der Waals surface area contributed by atoms with Gasteiger partial charge in [-0.1, -0.05) is 31.2 Å². The van der Waals surface area contributed by atoms with E-state index in [-0.39, 0.29) is 11.7 Å². The number of Topliss-reactive ketones (excluding diaryl/α,β-unsaturated/α-hetero) is 1. The van der Waals surface area contributed by atoms with Crippen molar-refractivity contribution in [3.05, 3.63) is 35.4 Å². The summed E-state index contributed by atoms with van der Waals surface area (Å²) in [6.07, 6.45) is 4.34. The molecule has 0 unspecified atom stereocenters. The molecule has 0 aliphatic heterocycles. The van der Waals surface area contributed by atoms with E-state index in [9.17, 15) is 9.59 Å². The van der Waals surface area contributed by atoms with Gasteiger partial charge in [0.1, 0.15) is 0 Å². The highest BCUT2D eigenvalue weighted by Gasteiger charge is 2.01. The molecule has 0 saturated heterocycles. The number of carbonyl (C=O) groups excluding carboxylic acids is 2. The van der Waals surface area contributed by atoms with Crippen molar-refractivity contribution in [3.63, 3.8) is 0 Å². The van der Waals surface area contributed by atoms with Crippen molar-refractivity contribution >= 4 is 11.7 Å². The molecular formula is C20H31NO4. The van der Waals surface area contributed by atoms with Crippen molar-refractivity contribution in [2.75, 3.05) is 33.0 Å². The predicted octanol–water partition coefficient (Wildman–Crippen LogP) is 3.16. The summed E-state index contributed by atoms with van der Waals surface area (Å²) in [4.78, 5) is 22.8. The van der Waals surface area contributed by atoms with Gasteiger partial charge < -0.3 is 14.8 Å². The van der Waals surface area contributed by atoms with Gasteiger partial charge in [0.05, 0.1) is 13.2 Å². The third-order valence-electron chi connectivity index (χ3n) is 3.76. The number of aryl methyl sites for hydroxylation is 1. The number of hydrogen-bond donors (Lipinski definition) is 1. The molecular weight excluding hydrogens is 318 g/mol. The van der Waals surface area contributed by atoms with Crippen LogP contribution in [0, 0.1) is 0 Å². The van der Waals surface area contributed by atoms with Gasteiger partial charge >= 0.3 is 0 Å². The molecule has 1 amide bonds. The number of benzene rings is 1. The minimum Gasteiger partial charge on any atom is -0.381 e. The maximum Gasteiger partial charge on any atom is 0.222 e. The van der Waals surface area contributed by atoms with Gasteiger partial charge in [-0.2, -0.15) is 0 Å². The number of unbranched alkanes of at least 4 members (excludes halogenated alkanes) is 1. The average molecular weight is 349 g/mol. The fraction of sp³-hybridized carbons (Fsp3) is 0.600. The van der Waals surface area contributed by atoms with Crippen LogP contribution in [0.5, 0.6) is 0 Å². The van der Waals surface area contributed by atoms with Crippen LogP contribution in [0.2, 0.25) is 0 Å². The molecule has 1 rings (SSSR count). The fourth-order valence-electron chi connectivity index (χ4n) is 2.30. The number of ether oxygens (including phenoxy) is 2. The van der Waals surface area contributed by atoms with Crippen LogP contribution in [0.4, 0.5) is 0 Å². The Labute approximate surface area is 151 Å². The molecule has 0 spiro atoms. The summed E-state index contributed by atoms with van der Waals surface area (Å²) in [6, 6.07) is 7.76. The van der Waals surface area contributed by atoms with Gasteiger partial charge in [-0.3, -0.25) is 9.59 Å². The number of carbonyl (C=O) groups is 2.